The van der Waals surface area contributed by atoms with Crippen LogP contribution >= 0.6 is 0 Å². The number of amides is 1. The van der Waals surface area contributed by atoms with Gasteiger partial charge in [-0.25, -0.2) is 18.3 Å². The normalized spacial score (nSPS) is 14.4. The van der Waals surface area contributed by atoms with E-state index in [4.69, 9.17) is 14.2 Å². The molecule has 3 aromatic rings. The maximum absolute atomic E-state index is 12.9. The zero-order chi connectivity index (χ0) is 25.0. The SMILES string of the molecule is COc1ccc(S(=O)(=O)N2CCOCC2)cc1NC(=O)COC(=O)c1n[nH]c(=O)c2ccccc12. The van der Waals surface area contributed by atoms with Crippen LogP contribution in [0.25, 0.3) is 10.8 Å². The second-order valence-corrected chi connectivity index (χ2v) is 9.39. The molecule has 1 aromatic heterocycles. The maximum Gasteiger partial charge on any atom is 0.359 e. The molecule has 0 aliphatic carbocycles. The molecule has 0 spiro atoms. The largest absolute Gasteiger partial charge is 0.495 e. The highest BCUT2D eigenvalue weighted by Crippen LogP contribution is 2.29. The molecular formula is C22H22N4O8S. The zero-order valence-corrected chi connectivity index (χ0v) is 19.5. The third-order valence-corrected chi connectivity index (χ3v) is 7.17. The Bertz CT molecular complexity index is 1430. The molecule has 1 amide bonds. The Balaban J connectivity index is 1.48. The predicted octanol–water partition coefficient (Wildman–Crippen LogP) is 0.748. The average Bonchev–Trinajstić information content (AvgIpc) is 2.88. The van der Waals surface area contributed by atoms with Crippen LogP contribution in [0, 0.1) is 0 Å². The van der Waals surface area contributed by atoms with E-state index in [1.807, 2.05) is 0 Å². The number of hydrogen-bond acceptors (Lipinski definition) is 9. The maximum atomic E-state index is 12.9. The van der Waals surface area contributed by atoms with Crippen molar-refractivity contribution in [3.63, 3.8) is 0 Å². The number of aromatic amines is 1. The molecule has 0 unspecified atom stereocenters. The lowest BCUT2D eigenvalue weighted by atomic mass is 10.1. The van der Waals surface area contributed by atoms with Crippen LogP contribution < -0.4 is 15.6 Å². The lowest BCUT2D eigenvalue weighted by Crippen LogP contribution is -2.40. The number of carbonyl (C=O) groups is 2. The molecule has 35 heavy (non-hydrogen) atoms. The number of aromatic nitrogens is 2. The second-order valence-electron chi connectivity index (χ2n) is 7.45. The molecule has 1 fully saturated rings. The number of esters is 1. The van der Waals surface area contributed by atoms with Crippen molar-refractivity contribution in [1.82, 2.24) is 14.5 Å². The quantitative estimate of drug-likeness (QED) is 0.445. The van der Waals surface area contributed by atoms with Crippen LogP contribution in [0.3, 0.4) is 0 Å². The highest BCUT2D eigenvalue weighted by molar-refractivity contribution is 7.89. The first-order valence-electron chi connectivity index (χ1n) is 10.5. The molecule has 12 nitrogen and oxygen atoms in total. The number of rotatable bonds is 7. The number of H-pyrrole nitrogens is 1. The fourth-order valence-electron chi connectivity index (χ4n) is 3.54. The third kappa shape index (κ3) is 5.16. The van der Waals surface area contributed by atoms with Gasteiger partial charge in [0.2, 0.25) is 10.0 Å². The Morgan fingerprint density at radius 3 is 2.57 bits per heavy atom. The number of sulfonamides is 1. The Morgan fingerprint density at radius 1 is 1.14 bits per heavy atom. The predicted molar refractivity (Wildman–Crippen MR) is 124 cm³/mol. The molecule has 184 valence electrons. The molecule has 2 heterocycles. The van der Waals surface area contributed by atoms with E-state index in [0.29, 0.717) is 13.2 Å². The van der Waals surface area contributed by atoms with Gasteiger partial charge in [-0.15, -0.1) is 0 Å². The Kier molecular flexibility index (Phi) is 7.10. The van der Waals surface area contributed by atoms with Gasteiger partial charge in [0.25, 0.3) is 11.5 Å². The van der Waals surface area contributed by atoms with E-state index in [9.17, 15) is 22.8 Å². The van der Waals surface area contributed by atoms with Crippen molar-refractivity contribution in [2.45, 2.75) is 4.90 Å². The molecule has 1 aliphatic rings. The average molecular weight is 503 g/mol. The van der Waals surface area contributed by atoms with Crippen molar-refractivity contribution in [3.05, 3.63) is 58.5 Å². The van der Waals surface area contributed by atoms with Gasteiger partial charge < -0.3 is 19.5 Å². The lowest BCUT2D eigenvalue weighted by Gasteiger charge is -2.26. The van der Waals surface area contributed by atoms with E-state index < -0.39 is 34.1 Å². The molecular weight excluding hydrogens is 480 g/mol. The summed E-state index contributed by atoms with van der Waals surface area (Å²) in [6, 6.07) is 10.4. The van der Waals surface area contributed by atoms with Gasteiger partial charge in [0.05, 0.1) is 36.3 Å². The topological polar surface area (TPSA) is 157 Å². The summed E-state index contributed by atoms with van der Waals surface area (Å²) < 4.78 is 42.7. The fourth-order valence-corrected chi connectivity index (χ4v) is 4.97. The summed E-state index contributed by atoms with van der Waals surface area (Å²) in [6.07, 6.45) is 0. The lowest BCUT2D eigenvalue weighted by molar-refractivity contribution is -0.119. The number of nitrogens with one attached hydrogen (secondary N) is 2. The molecule has 13 heteroatoms. The van der Waals surface area contributed by atoms with Crippen LogP contribution in [0.4, 0.5) is 5.69 Å². The van der Waals surface area contributed by atoms with Crippen LogP contribution in [-0.2, 0) is 24.3 Å². The number of nitrogens with zero attached hydrogens (tertiary/aromatic N) is 2. The minimum absolute atomic E-state index is 0.0311. The number of hydrogen-bond donors (Lipinski definition) is 2. The van der Waals surface area contributed by atoms with E-state index in [1.54, 1.807) is 18.2 Å². The number of anilines is 1. The summed E-state index contributed by atoms with van der Waals surface area (Å²) in [6.45, 7) is 0.351. The van der Waals surface area contributed by atoms with Crippen LogP contribution in [0.2, 0.25) is 0 Å². The summed E-state index contributed by atoms with van der Waals surface area (Å²) >= 11 is 0. The van der Waals surface area contributed by atoms with Gasteiger partial charge in [0.1, 0.15) is 5.75 Å². The summed E-state index contributed by atoms with van der Waals surface area (Å²) in [5.74, 6) is -1.42. The molecule has 1 saturated heterocycles. The smallest absolute Gasteiger partial charge is 0.359 e. The van der Waals surface area contributed by atoms with Gasteiger partial charge in [-0.05, 0) is 24.3 Å². The molecule has 2 N–H and O–H groups in total. The highest BCUT2D eigenvalue weighted by atomic mass is 32.2. The van der Waals surface area contributed by atoms with Crippen LogP contribution in [0.15, 0.2) is 52.2 Å². The van der Waals surface area contributed by atoms with E-state index >= 15 is 0 Å². The van der Waals surface area contributed by atoms with Crippen molar-refractivity contribution in [2.24, 2.45) is 0 Å². The van der Waals surface area contributed by atoms with Crippen molar-refractivity contribution in [1.29, 1.82) is 0 Å². The molecule has 0 bridgehead atoms. The van der Waals surface area contributed by atoms with Crippen LogP contribution in [0.1, 0.15) is 10.5 Å². The fraction of sp³-hybridized carbons (Fsp3) is 0.273. The molecule has 4 rings (SSSR count). The Labute approximate surface area is 199 Å². The summed E-state index contributed by atoms with van der Waals surface area (Å²) in [5.41, 5.74) is -0.520. The highest BCUT2D eigenvalue weighted by Gasteiger charge is 2.27. The molecule has 1 aliphatic heterocycles. The number of ether oxygens (including phenoxy) is 3. The Hall–Kier alpha value is -3.81. The zero-order valence-electron chi connectivity index (χ0n) is 18.6. The third-order valence-electron chi connectivity index (χ3n) is 5.28. The summed E-state index contributed by atoms with van der Waals surface area (Å²) in [7, 11) is -2.44. The van der Waals surface area contributed by atoms with Gasteiger partial charge in [-0.2, -0.15) is 9.40 Å². The van der Waals surface area contributed by atoms with E-state index in [1.165, 1.54) is 35.7 Å². The molecule has 0 atom stereocenters. The first-order valence-corrected chi connectivity index (χ1v) is 12.0. The summed E-state index contributed by atoms with van der Waals surface area (Å²) in [5, 5.41) is 8.99. The van der Waals surface area contributed by atoms with Gasteiger partial charge in [0.15, 0.2) is 12.3 Å². The van der Waals surface area contributed by atoms with E-state index in [-0.39, 0.29) is 45.9 Å². The van der Waals surface area contributed by atoms with E-state index in [2.05, 4.69) is 15.5 Å². The minimum atomic E-state index is -3.81. The monoisotopic (exact) mass is 502 g/mol. The first-order chi connectivity index (χ1) is 16.8. The van der Waals surface area contributed by atoms with Gasteiger partial charge in [-0.3, -0.25) is 9.59 Å². The Morgan fingerprint density at radius 2 is 1.86 bits per heavy atom. The van der Waals surface area contributed by atoms with Crippen molar-refractivity contribution < 1.29 is 32.2 Å². The number of carbonyl (C=O) groups excluding carboxylic acids is 2. The second kappa shape index (κ2) is 10.2. The van der Waals surface area contributed by atoms with Gasteiger partial charge in [-0.1, -0.05) is 18.2 Å². The van der Waals surface area contributed by atoms with Crippen molar-refractivity contribution in [3.8, 4) is 5.75 Å². The van der Waals surface area contributed by atoms with E-state index in [0.717, 1.165) is 0 Å². The van der Waals surface area contributed by atoms with Crippen LogP contribution in [0.5, 0.6) is 5.75 Å². The number of fused-ring (bicyclic) bond motifs is 1. The number of benzene rings is 2. The number of morpholine rings is 1. The first kappa shape index (κ1) is 24.3. The van der Waals surface area contributed by atoms with Crippen LogP contribution in [-0.4, -0.2) is 74.8 Å². The standard InChI is InChI=1S/C22H22N4O8S/c1-32-18-7-6-14(35(30,31)26-8-10-33-11-9-26)12-17(18)23-19(27)13-34-22(29)20-15-4-2-3-5-16(15)21(28)25-24-20/h2-7,12H,8-11,13H2,1H3,(H,23,27)(H,25,28). The van der Waals surface area contributed by atoms with Gasteiger partial charge in [0, 0.05) is 18.5 Å². The molecule has 0 saturated carbocycles. The number of methoxy groups -OCH3 is 1. The molecule has 2 aromatic carbocycles. The summed E-state index contributed by atoms with van der Waals surface area (Å²) in [4.78, 5) is 36.9. The van der Waals surface area contributed by atoms with Gasteiger partial charge >= 0.3 is 5.97 Å². The minimum Gasteiger partial charge on any atom is -0.495 e. The molecule has 0 radical (unpaired) electrons. The van der Waals surface area contributed by atoms with Crippen molar-refractivity contribution >= 4 is 38.4 Å². The van der Waals surface area contributed by atoms with Crippen molar-refractivity contribution in [2.75, 3.05) is 45.3 Å².